The van der Waals surface area contributed by atoms with Gasteiger partial charge < -0.3 is 19.9 Å². The van der Waals surface area contributed by atoms with Crippen LogP contribution in [0.3, 0.4) is 0 Å². The lowest BCUT2D eigenvalue weighted by molar-refractivity contribution is -0.146. The van der Waals surface area contributed by atoms with Crippen LogP contribution >= 0.6 is 11.8 Å². The molecule has 6 heteroatoms. The first-order valence-corrected chi connectivity index (χ1v) is 7.91. The molecule has 0 spiro atoms. The predicted molar refractivity (Wildman–Crippen MR) is 82.0 cm³/mol. The zero-order valence-electron chi connectivity index (χ0n) is 12.4. The molecule has 5 nitrogen and oxygen atoms in total. The van der Waals surface area contributed by atoms with Gasteiger partial charge in [-0.15, -0.1) is 11.8 Å². The second-order valence-electron chi connectivity index (χ2n) is 5.17. The van der Waals surface area contributed by atoms with Crippen molar-refractivity contribution in [2.75, 3.05) is 26.1 Å². The number of nitrogens with two attached hydrogens (primary N) is 1. The lowest BCUT2D eigenvalue weighted by Crippen LogP contribution is -2.46. The molecule has 0 saturated carbocycles. The molecule has 1 aliphatic heterocycles. The van der Waals surface area contributed by atoms with Crippen LogP contribution < -0.4 is 15.2 Å². The van der Waals surface area contributed by atoms with Gasteiger partial charge in [0.25, 0.3) is 0 Å². The van der Waals surface area contributed by atoms with E-state index < -0.39 is 5.54 Å². The molecular formula is C15H21NO4S. The molecule has 0 aromatic heterocycles. The topological polar surface area (TPSA) is 70.8 Å². The number of methoxy groups -OCH3 is 1. The normalized spacial score (nSPS) is 16.7. The Morgan fingerprint density at radius 3 is 2.81 bits per heavy atom. The minimum atomic E-state index is -0.951. The first kappa shape index (κ1) is 16.0. The summed E-state index contributed by atoms with van der Waals surface area (Å²) < 4.78 is 15.9. The predicted octanol–water partition coefficient (Wildman–Crippen LogP) is 2.22. The van der Waals surface area contributed by atoms with Gasteiger partial charge >= 0.3 is 5.97 Å². The summed E-state index contributed by atoms with van der Waals surface area (Å²) >= 11 is 1.63. The van der Waals surface area contributed by atoms with Crippen molar-refractivity contribution in [3.63, 3.8) is 0 Å². The average molecular weight is 311 g/mol. The van der Waals surface area contributed by atoms with Gasteiger partial charge in [0, 0.05) is 17.1 Å². The molecule has 0 amide bonds. The van der Waals surface area contributed by atoms with E-state index in [1.807, 2.05) is 18.2 Å². The van der Waals surface area contributed by atoms with Crippen molar-refractivity contribution < 1.29 is 19.0 Å². The maximum absolute atomic E-state index is 11.5. The first-order chi connectivity index (χ1) is 10.0. The third-order valence-electron chi connectivity index (χ3n) is 3.26. The Kier molecular flexibility index (Phi) is 5.36. The Balaban J connectivity index is 1.92. The molecule has 0 saturated heterocycles. The largest absolute Gasteiger partial charge is 0.490 e. The summed E-state index contributed by atoms with van der Waals surface area (Å²) in [5.41, 5.74) is 4.98. The second kappa shape index (κ2) is 7.04. The number of ether oxygens (including phenoxy) is 3. The van der Waals surface area contributed by atoms with E-state index in [1.54, 1.807) is 18.7 Å². The highest BCUT2D eigenvalue weighted by atomic mass is 32.2. The minimum Gasteiger partial charge on any atom is -0.490 e. The first-order valence-electron chi connectivity index (χ1n) is 6.93. The number of esters is 1. The zero-order valence-corrected chi connectivity index (χ0v) is 13.2. The van der Waals surface area contributed by atoms with Crippen molar-refractivity contribution in [2.24, 2.45) is 5.73 Å². The fourth-order valence-corrected chi connectivity index (χ4v) is 3.07. The number of fused-ring (bicyclic) bond motifs is 1. The van der Waals surface area contributed by atoms with Gasteiger partial charge in [-0.2, -0.15) is 0 Å². The lowest BCUT2D eigenvalue weighted by Gasteiger charge is -2.20. The summed E-state index contributed by atoms with van der Waals surface area (Å²) in [5.74, 6) is 1.90. The van der Waals surface area contributed by atoms with Crippen LogP contribution in [0, 0.1) is 0 Å². The Morgan fingerprint density at radius 1 is 1.38 bits per heavy atom. The number of carbonyl (C=O) groups is 1. The number of benzene rings is 1. The highest BCUT2D eigenvalue weighted by Gasteiger charge is 2.28. The number of thioether (sulfide) groups is 1. The van der Waals surface area contributed by atoms with Crippen molar-refractivity contribution in [2.45, 2.75) is 30.2 Å². The van der Waals surface area contributed by atoms with Crippen molar-refractivity contribution >= 4 is 17.7 Å². The third kappa shape index (κ3) is 4.28. The summed E-state index contributed by atoms with van der Waals surface area (Å²) in [7, 11) is 1.35. The van der Waals surface area contributed by atoms with E-state index in [1.165, 1.54) is 7.11 Å². The summed E-state index contributed by atoms with van der Waals surface area (Å²) in [6.07, 6.45) is 1.43. The van der Waals surface area contributed by atoms with Gasteiger partial charge in [0.05, 0.1) is 20.3 Å². The van der Waals surface area contributed by atoms with Crippen LogP contribution in [-0.4, -0.2) is 37.6 Å². The molecule has 0 aliphatic carbocycles. The third-order valence-corrected chi connectivity index (χ3v) is 4.26. The van der Waals surface area contributed by atoms with Gasteiger partial charge in [-0.05, 0) is 31.5 Å². The van der Waals surface area contributed by atoms with Gasteiger partial charge in [0.15, 0.2) is 11.5 Å². The highest BCUT2D eigenvalue weighted by Crippen LogP contribution is 2.34. The van der Waals surface area contributed by atoms with Gasteiger partial charge in [-0.1, -0.05) is 0 Å². The molecule has 1 aromatic carbocycles. The van der Waals surface area contributed by atoms with Crippen LogP contribution in [0.1, 0.15) is 19.8 Å². The van der Waals surface area contributed by atoms with E-state index in [0.29, 0.717) is 19.6 Å². The Bertz CT molecular complexity index is 504. The van der Waals surface area contributed by atoms with Crippen LogP contribution in [0.5, 0.6) is 11.5 Å². The zero-order chi connectivity index (χ0) is 15.3. The van der Waals surface area contributed by atoms with E-state index in [9.17, 15) is 4.79 Å². The summed E-state index contributed by atoms with van der Waals surface area (Å²) in [6, 6.07) is 5.88. The molecule has 1 heterocycles. The molecule has 116 valence electrons. The van der Waals surface area contributed by atoms with Gasteiger partial charge in [0.2, 0.25) is 0 Å². The molecule has 0 bridgehead atoms. The number of carbonyl (C=O) groups excluding carboxylic acids is 1. The lowest BCUT2D eigenvalue weighted by atomic mass is 10.0. The van der Waals surface area contributed by atoms with E-state index in [-0.39, 0.29) is 5.97 Å². The van der Waals surface area contributed by atoms with E-state index in [2.05, 4.69) is 0 Å². The van der Waals surface area contributed by atoms with Crippen LogP contribution in [0.2, 0.25) is 0 Å². The summed E-state index contributed by atoms with van der Waals surface area (Å²) in [5, 5.41) is 0. The molecule has 1 aliphatic rings. The fourth-order valence-electron chi connectivity index (χ4n) is 1.95. The smallest absolute Gasteiger partial charge is 0.325 e. The van der Waals surface area contributed by atoms with Gasteiger partial charge in [0.1, 0.15) is 5.54 Å². The molecule has 1 atom stereocenters. The SMILES string of the molecule is COC(=O)C(C)(N)CCSc1ccc2c(c1)OCCCO2. The van der Waals surface area contributed by atoms with Crippen molar-refractivity contribution in [3.05, 3.63) is 18.2 Å². The quantitative estimate of drug-likeness (QED) is 0.664. The number of hydrogen-bond acceptors (Lipinski definition) is 6. The molecule has 0 fully saturated rings. The van der Waals surface area contributed by atoms with Gasteiger partial charge in [-0.3, -0.25) is 4.79 Å². The number of rotatable bonds is 5. The van der Waals surface area contributed by atoms with Crippen molar-refractivity contribution in [1.82, 2.24) is 0 Å². The maximum atomic E-state index is 11.5. The van der Waals surface area contributed by atoms with Crippen LogP contribution in [0.15, 0.2) is 23.1 Å². The highest BCUT2D eigenvalue weighted by molar-refractivity contribution is 7.99. The van der Waals surface area contributed by atoms with Crippen LogP contribution in [0.4, 0.5) is 0 Å². The minimum absolute atomic E-state index is 0.387. The maximum Gasteiger partial charge on any atom is 0.325 e. The summed E-state index contributed by atoms with van der Waals surface area (Å²) in [6.45, 7) is 3.04. The van der Waals surface area contributed by atoms with E-state index >= 15 is 0 Å². The van der Waals surface area contributed by atoms with Crippen LogP contribution in [0.25, 0.3) is 0 Å². The van der Waals surface area contributed by atoms with Crippen molar-refractivity contribution in [3.8, 4) is 11.5 Å². The average Bonchev–Trinajstić information content (AvgIpc) is 2.70. The fraction of sp³-hybridized carbons (Fsp3) is 0.533. The second-order valence-corrected chi connectivity index (χ2v) is 6.33. The molecule has 21 heavy (non-hydrogen) atoms. The molecule has 2 N–H and O–H groups in total. The Hall–Kier alpha value is -1.40. The number of hydrogen-bond donors (Lipinski definition) is 1. The molecule has 0 radical (unpaired) electrons. The molecule has 2 rings (SSSR count). The van der Waals surface area contributed by atoms with E-state index in [4.69, 9.17) is 19.9 Å². The summed E-state index contributed by atoms with van der Waals surface area (Å²) in [4.78, 5) is 12.6. The Morgan fingerprint density at radius 2 is 2.10 bits per heavy atom. The molecular weight excluding hydrogens is 290 g/mol. The molecule has 1 aromatic rings. The van der Waals surface area contributed by atoms with Gasteiger partial charge in [-0.25, -0.2) is 0 Å². The molecule has 1 unspecified atom stereocenters. The monoisotopic (exact) mass is 311 g/mol. The standard InChI is InChI=1S/C15H21NO4S/c1-15(16,14(17)18-2)6-9-21-11-4-5-12-13(10-11)20-8-3-7-19-12/h4-5,10H,3,6-9,16H2,1-2H3. The Labute approximate surface area is 129 Å². The van der Waals surface area contributed by atoms with Crippen LogP contribution in [-0.2, 0) is 9.53 Å². The van der Waals surface area contributed by atoms with E-state index in [0.717, 1.165) is 28.6 Å². The van der Waals surface area contributed by atoms with Crippen molar-refractivity contribution in [1.29, 1.82) is 0 Å².